The van der Waals surface area contributed by atoms with Crippen molar-refractivity contribution in [1.82, 2.24) is 0 Å². The van der Waals surface area contributed by atoms with E-state index in [-0.39, 0.29) is 0 Å². The first-order valence-corrected chi connectivity index (χ1v) is 3.26. The predicted molar refractivity (Wildman–Crippen MR) is 36.9 cm³/mol. The van der Waals surface area contributed by atoms with Crippen LogP contribution in [0, 0.1) is 11.3 Å². The molecule has 0 amide bonds. The lowest BCUT2D eigenvalue weighted by Gasteiger charge is -1.63. The Morgan fingerprint density at radius 3 is 2.10 bits per heavy atom. The SMILES string of the molecule is C=CC#N.C=CO[P+](=O)O. The number of nitrogens with zero attached hydrogens (tertiary/aromatic N) is 1. The van der Waals surface area contributed by atoms with Crippen LogP contribution in [0.1, 0.15) is 0 Å². The molecule has 1 unspecified atom stereocenters. The summed E-state index contributed by atoms with van der Waals surface area (Å²) >= 11 is 0. The average Bonchev–Trinajstić information content (AvgIpc) is 1.89. The minimum atomic E-state index is -2.47. The fraction of sp³-hybridized carbons (Fsp3) is 0. The van der Waals surface area contributed by atoms with Crippen molar-refractivity contribution in [3.63, 3.8) is 0 Å². The molecule has 10 heavy (non-hydrogen) atoms. The zero-order chi connectivity index (χ0) is 8.41. The Labute approximate surface area is 60.0 Å². The maximum atomic E-state index is 9.45. The summed E-state index contributed by atoms with van der Waals surface area (Å²) in [5, 5.41) is 7.51. The fourth-order valence-electron chi connectivity index (χ4n) is 0.0638. The van der Waals surface area contributed by atoms with Gasteiger partial charge in [0.15, 0.2) is 0 Å². The molecule has 0 rings (SSSR count). The van der Waals surface area contributed by atoms with Crippen LogP contribution in [0.3, 0.4) is 0 Å². The molecule has 0 saturated carbocycles. The molecule has 0 heterocycles. The van der Waals surface area contributed by atoms with Gasteiger partial charge in [-0.05, 0) is 0 Å². The molecule has 0 radical (unpaired) electrons. The first-order valence-electron chi connectivity index (χ1n) is 2.13. The smallest absolute Gasteiger partial charge is 0.238 e. The summed E-state index contributed by atoms with van der Waals surface area (Å²) in [7, 11) is -2.47. The Kier molecular flexibility index (Phi) is 12.5. The Balaban J connectivity index is 0. The second-order valence-electron chi connectivity index (χ2n) is 0.843. The highest BCUT2D eigenvalue weighted by atomic mass is 31.1. The van der Waals surface area contributed by atoms with Crippen molar-refractivity contribution in [3.05, 3.63) is 25.5 Å². The standard InChI is InChI=1S/C3H3N.C2H3O3P/c1-2-3-4;1-2-5-6(3)4/h2H,1H2;2H,1H2/p+1. The van der Waals surface area contributed by atoms with Gasteiger partial charge in [0.25, 0.3) is 0 Å². The molecule has 0 bridgehead atoms. The molecule has 0 aliphatic heterocycles. The van der Waals surface area contributed by atoms with Gasteiger partial charge < -0.3 is 0 Å². The molecule has 0 saturated heterocycles. The van der Waals surface area contributed by atoms with E-state index in [2.05, 4.69) is 17.7 Å². The lowest BCUT2D eigenvalue weighted by Crippen LogP contribution is -1.55. The lowest BCUT2D eigenvalue weighted by atomic mass is 10.8. The number of nitriles is 1. The monoisotopic (exact) mass is 160 g/mol. The first kappa shape index (κ1) is 11.6. The summed E-state index contributed by atoms with van der Waals surface area (Å²) in [4.78, 5) is 7.77. The molecule has 0 fully saturated rings. The predicted octanol–water partition coefficient (Wildman–Crippen LogP) is 1.49. The van der Waals surface area contributed by atoms with E-state index in [9.17, 15) is 4.57 Å². The number of rotatable bonds is 2. The van der Waals surface area contributed by atoms with Crippen LogP contribution in [0.15, 0.2) is 25.5 Å². The fourth-order valence-corrected chi connectivity index (χ4v) is 0.191. The topological polar surface area (TPSA) is 70.3 Å². The third kappa shape index (κ3) is 29.0. The maximum absolute atomic E-state index is 9.45. The third-order valence-corrected chi connectivity index (χ3v) is 0.585. The van der Waals surface area contributed by atoms with Crippen molar-refractivity contribution in [2.75, 3.05) is 0 Å². The van der Waals surface area contributed by atoms with E-state index >= 15 is 0 Å². The zero-order valence-electron chi connectivity index (χ0n) is 5.23. The van der Waals surface area contributed by atoms with Crippen LogP contribution in [-0.4, -0.2) is 4.89 Å². The van der Waals surface area contributed by atoms with Gasteiger partial charge in [-0.25, -0.2) is 4.52 Å². The highest BCUT2D eigenvalue weighted by Crippen LogP contribution is 2.12. The lowest BCUT2D eigenvalue weighted by molar-refractivity contribution is 0.379. The van der Waals surface area contributed by atoms with E-state index in [4.69, 9.17) is 10.2 Å². The largest absolute Gasteiger partial charge is 0.746 e. The van der Waals surface area contributed by atoms with Gasteiger partial charge in [0.05, 0.1) is 6.07 Å². The molecule has 0 aromatic rings. The molecule has 4 nitrogen and oxygen atoms in total. The molecular formula is C5H7NO3P+. The van der Waals surface area contributed by atoms with Gasteiger partial charge in [-0.1, -0.05) is 13.2 Å². The van der Waals surface area contributed by atoms with Gasteiger partial charge in [-0.3, -0.25) is 0 Å². The van der Waals surface area contributed by atoms with Crippen molar-refractivity contribution in [2.45, 2.75) is 0 Å². The van der Waals surface area contributed by atoms with Gasteiger partial charge in [0, 0.05) is 10.6 Å². The molecule has 54 valence electrons. The van der Waals surface area contributed by atoms with Crippen LogP contribution < -0.4 is 0 Å². The van der Waals surface area contributed by atoms with Crippen LogP contribution in [0.25, 0.3) is 0 Å². The molecule has 0 aliphatic carbocycles. The van der Waals surface area contributed by atoms with Crippen molar-refractivity contribution < 1.29 is 14.0 Å². The molecule has 5 heteroatoms. The van der Waals surface area contributed by atoms with E-state index in [1.54, 1.807) is 6.07 Å². The van der Waals surface area contributed by atoms with E-state index in [1.165, 1.54) is 6.08 Å². The molecule has 0 aromatic carbocycles. The molecular weight excluding hydrogens is 153 g/mol. The van der Waals surface area contributed by atoms with E-state index in [0.29, 0.717) is 0 Å². The van der Waals surface area contributed by atoms with Crippen LogP contribution in [0.4, 0.5) is 0 Å². The average molecular weight is 160 g/mol. The molecule has 0 aromatic heterocycles. The Morgan fingerprint density at radius 2 is 2.10 bits per heavy atom. The van der Waals surface area contributed by atoms with E-state index < -0.39 is 8.25 Å². The van der Waals surface area contributed by atoms with Crippen molar-refractivity contribution >= 4 is 8.25 Å². The molecule has 0 spiro atoms. The van der Waals surface area contributed by atoms with E-state index in [0.717, 1.165) is 6.26 Å². The number of allylic oxidation sites excluding steroid dienone is 1. The quantitative estimate of drug-likeness (QED) is 0.377. The Bertz CT molecular complexity index is 161. The minimum absolute atomic E-state index is 0.915. The van der Waals surface area contributed by atoms with Gasteiger partial charge in [-0.15, -0.1) is 4.89 Å². The van der Waals surface area contributed by atoms with Gasteiger partial charge in [-0.2, -0.15) is 5.26 Å². The van der Waals surface area contributed by atoms with Crippen molar-refractivity contribution in [3.8, 4) is 6.07 Å². The van der Waals surface area contributed by atoms with Crippen LogP contribution >= 0.6 is 8.25 Å². The minimum Gasteiger partial charge on any atom is -0.238 e. The normalized spacial score (nSPS) is 7.40. The zero-order valence-corrected chi connectivity index (χ0v) is 6.12. The molecule has 1 N–H and O–H groups in total. The maximum Gasteiger partial charge on any atom is 0.746 e. The summed E-state index contributed by atoms with van der Waals surface area (Å²) in [5.74, 6) is 0. The summed E-state index contributed by atoms with van der Waals surface area (Å²) in [6.45, 7) is 6.15. The Hall–Kier alpha value is -1.17. The van der Waals surface area contributed by atoms with Crippen molar-refractivity contribution in [1.29, 1.82) is 5.26 Å². The summed E-state index contributed by atoms with van der Waals surface area (Å²) < 4.78 is 13.3. The highest BCUT2D eigenvalue weighted by Gasteiger charge is 2.05. The first-order chi connectivity index (χ1) is 4.68. The summed E-state index contributed by atoms with van der Waals surface area (Å²) in [6.07, 6.45) is 2.10. The Morgan fingerprint density at radius 1 is 1.70 bits per heavy atom. The number of hydrogen-bond acceptors (Lipinski definition) is 3. The number of hydrogen-bond donors (Lipinski definition) is 1. The second kappa shape index (κ2) is 10.7. The van der Waals surface area contributed by atoms with Crippen LogP contribution in [0.5, 0.6) is 0 Å². The van der Waals surface area contributed by atoms with Crippen LogP contribution in [-0.2, 0) is 9.09 Å². The summed E-state index contributed by atoms with van der Waals surface area (Å²) in [5.41, 5.74) is 0. The van der Waals surface area contributed by atoms with E-state index in [1.807, 2.05) is 0 Å². The second-order valence-corrected chi connectivity index (χ2v) is 1.53. The molecule has 0 aliphatic rings. The highest BCUT2D eigenvalue weighted by molar-refractivity contribution is 7.32. The third-order valence-electron chi connectivity index (χ3n) is 0.256. The molecule has 1 atom stereocenters. The summed E-state index contributed by atoms with van der Waals surface area (Å²) in [6, 6.07) is 1.69. The van der Waals surface area contributed by atoms with Gasteiger partial charge in [0.1, 0.15) is 6.26 Å². The van der Waals surface area contributed by atoms with Crippen LogP contribution in [0.2, 0.25) is 0 Å². The van der Waals surface area contributed by atoms with Gasteiger partial charge >= 0.3 is 8.25 Å². The van der Waals surface area contributed by atoms with Crippen molar-refractivity contribution in [2.24, 2.45) is 0 Å². The van der Waals surface area contributed by atoms with Gasteiger partial charge in [0.2, 0.25) is 0 Å².